The zero-order valence-corrected chi connectivity index (χ0v) is 14.3. The lowest BCUT2D eigenvalue weighted by molar-refractivity contribution is 0.0243. The summed E-state index contributed by atoms with van der Waals surface area (Å²) in [5.74, 6) is 0.555. The minimum Gasteiger partial charge on any atom is -0.373 e. The number of aromatic nitrogens is 1. The van der Waals surface area contributed by atoms with Crippen LogP contribution in [0.25, 0.3) is 10.9 Å². The Balaban J connectivity index is 1.50. The first-order chi connectivity index (χ1) is 11.6. The molecule has 1 saturated heterocycles. The van der Waals surface area contributed by atoms with Crippen molar-refractivity contribution in [1.82, 2.24) is 15.6 Å². The van der Waals surface area contributed by atoms with Crippen molar-refractivity contribution in [3.8, 4) is 0 Å². The number of ether oxygens (including phenoxy) is 1. The number of hydrogen-bond donors (Lipinski definition) is 3. The van der Waals surface area contributed by atoms with E-state index in [-0.39, 0.29) is 11.4 Å². The zero-order valence-electron chi connectivity index (χ0n) is 14.3. The lowest BCUT2D eigenvalue weighted by Crippen LogP contribution is -2.45. The molecule has 5 nitrogen and oxygen atoms in total. The maximum atomic E-state index is 13.2. The van der Waals surface area contributed by atoms with Gasteiger partial charge < -0.3 is 20.4 Å². The fraction of sp³-hybridized carbons (Fsp3) is 0.500. The van der Waals surface area contributed by atoms with Crippen LogP contribution in [0.4, 0.5) is 4.39 Å². The molecule has 3 N–H and O–H groups in total. The quantitative estimate of drug-likeness (QED) is 0.582. The molecular formula is C18H25FN4O. The topological polar surface area (TPSA) is 61.4 Å². The molecule has 3 rings (SSSR count). The molecule has 2 heterocycles. The molecule has 1 atom stereocenters. The van der Waals surface area contributed by atoms with Gasteiger partial charge in [0, 0.05) is 43.8 Å². The Morgan fingerprint density at radius 3 is 3.04 bits per heavy atom. The monoisotopic (exact) mass is 332 g/mol. The molecule has 0 radical (unpaired) electrons. The molecule has 0 aliphatic carbocycles. The van der Waals surface area contributed by atoms with Crippen LogP contribution in [-0.4, -0.2) is 43.3 Å². The summed E-state index contributed by atoms with van der Waals surface area (Å²) in [5.41, 5.74) is 1.90. The number of fused-ring (bicyclic) bond motifs is 1. The van der Waals surface area contributed by atoms with E-state index >= 15 is 0 Å². The van der Waals surface area contributed by atoms with Gasteiger partial charge in [-0.05, 0) is 49.9 Å². The van der Waals surface area contributed by atoms with Crippen molar-refractivity contribution in [2.24, 2.45) is 4.99 Å². The Morgan fingerprint density at radius 2 is 2.29 bits per heavy atom. The molecule has 1 aromatic carbocycles. The van der Waals surface area contributed by atoms with E-state index in [1.54, 1.807) is 7.05 Å². The lowest BCUT2D eigenvalue weighted by Gasteiger charge is -2.24. The average molecular weight is 332 g/mol. The largest absolute Gasteiger partial charge is 0.373 e. The van der Waals surface area contributed by atoms with E-state index in [1.165, 1.54) is 17.7 Å². The molecule has 1 fully saturated rings. The van der Waals surface area contributed by atoms with Gasteiger partial charge in [0.25, 0.3) is 0 Å². The summed E-state index contributed by atoms with van der Waals surface area (Å²) in [4.78, 5) is 7.37. The molecule has 0 bridgehead atoms. The Morgan fingerprint density at radius 1 is 1.42 bits per heavy atom. The number of benzene rings is 1. The SMILES string of the molecule is CN=C(NCCc1c[nH]c2cc(F)ccc12)NCC1(C)CCCO1. The number of guanidine groups is 1. The highest BCUT2D eigenvalue weighted by Gasteiger charge is 2.29. The van der Waals surface area contributed by atoms with Crippen molar-refractivity contribution >= 4 is 16.9 Å². The molecule has 24 heavy (non-hydrogen) atoms. The van der Waals surface area contributed by atoms with E-state index in [0.29, 0.717) is 0 Å². The van der Waals surface area contributed by atoms with E-state index in [0.717, 1.165) is 55.8 Å². The smallest absolute Gasteiger partial charge is 0.191 e. The average Bonchev–Trinajstić information content (AvgIpc) is 3.17. The molecule has 1 unspecified atom stereocenters. The minimum atomic E-state index is -0.221. The van der Waals surface area contributed by atoms with E-state index < -0.39 is 0 Å². The van der Waals surface area contributed by atoms with Gasteiger partial charge in [0.05, 0.1) is 5.60 Å². The number of hydrogen-bond acceptors (Lipinski definition) is 2. The summed E-state index contributed by atoms with van der Waals surface area (Å²) in [6.07, 6.45) is 4.96. The van der Waals surface area contributed by atoms with Crippen molar-refractivity contribution in [3.63, 3.8) is 0 Å². The molecule has 0 amide bonds. The van der Waals surface area contributed by atoms with Gasteiger partial charge in [-0.2, -0.15) is 0 Å². The minimum absolute atomic E-state index is 0.0987. The van der Waals surface area contributed by atoms with Crippen molar-refractivity contribution < 1.29 is 9.13 Å². The van der Waals surface area contributed by atoms with Crippen LogP contribution in [0, 0.1) is 5.82 Å². The Labute approximate surface area is 141 Å². The summed E-state index contributed by atoms with van der Waals surface area (Å²) in [7, 11) is 1.77. The van der Waals surface area contributed by atoms with Crippen molar-refractivity contribution in [2.75, 3.05) is 26.7 Å². The maximum absolute atomic E-state index is 13.2. The predicted octanol–water partition coefficient (Wildman–Crippen LogP) is 2.58. The first kappa shape index (κ1) is 16.8. The van der Waals surface area contributed by atoms with Crippen molar-refractivity contribution in [3.05, 3.63) is 35.8 Å². The third kappa shape index (κ3) is 3.87. The number of halogens is 1. The third-order valence-electron chi connectivity index (χ3n) is 4.57. The highest BCUT2D eigenvalue weighted by Crippen LogP contribution is 2.23. The number of H-pyrrole nitrogens is 1. The standard InChI is InChI=1S/C18H25FN4O/c1-18(7-3-9-24-18)12-23-17(20-2)21-8-6-13-11-22-16-10-14(19)4-5-15(13)16/h4-5,10-11,22H,3,6-9,12H2,1-2H3,(H2,20,21,23). The van der Waals surface area contributed by atoms with Crippen LogP contribution in [0.1, 0.15) is 25.3 Å². The summed E-state index contributed by atoms with van der Waals surface area (Å²) in [6, 6.07) is 4.84. The van der Waals surface area contributed by atoms with Gasteiger partial charge in [-0.1, -0.05) is 0 Å². The Hall–Kier alpha value is -2.08. The van der Waals surface area contributed by atoms with E-state index in [2.05, 4.69) is 27.5 Å². The lowest BCUT2D eigenvalue weighted by atomic mass is 10.0. The number of nitrogens with zero attached hydrogens (tertiary/aromatic N) is 1. The van der Waals surface area contributed by atoms with Crippen molar-refractivity contribution in [2.45, 2.75) is 31.8 Å². The Kier molecular flexibility index (Phi) is 5.04. The van der Waals surface area contributed by atoms with Crippen LogP contribution in [0.3, 0.4) is 0 Å². The van der Waals surface area contributed by atoms with Crippen LogP contribution >= 0.6 is 0 Å². The third-order valence-corrected chi connectivity index (χ3v) is 4.57. The van der Waals surface area contributed by atoms with Gasteiger partial charge in [-0.15, -0.1) is 0 Å². The highest BCUT2D eigenvalue weighted by atomic mass is 19.1. The van der Waals surface area contributed by atoms with Crippen LogP contribution in [0.5, 0.6) is 0 Å². The summed E-state index contributed by atoms with van der Waals surface area (Å²) in [6.45, 7) is 4.47. The van der Waals surface area contributed by atoms with Gasteiger partial charge in [0.1, 0.15) is 5.82 Å². The van der Waals surface area contributed by atoms with E-state index in [1.807, 2.05) is 12.3 Å². The second kappa shape index (κ2) is 7.21. The second-order valence-corrected chi connectivity index (χ2v) is 6.51. The van der Waals surface area contributed by atoms with Crippen LogP contribution in [0.2, 0.25) is 0 Å². The summed E-state index contributed by atoms with van der Waals surface area (Å²) in [5, 5.41) is 7.72. The van der Waals surface area contributed by atoms with Crippen molar-refractivity contribution in [1.29, 1.82) is 0 Å². The highest BCUT2D eigenvalue weighted by molar-refractivity contribution is 5.83. The number of aliphatic imine (C=N–C) groups is 1. The normalized spacial score (nSPS) is 21.4. The van der Waals surface area contributed by atoms with Crippen LogP contribution in [0.15, 0.2) is 29.4 Å². The van der Waals surface area contributed by atoms with Gasteiger partial charge in [-0.25, -0.2) is 4.39 Å². The molecule has 130 valence electrons. The molecule has 6 heteroatoms. The fourth-order valence-corrected chi connectivity index (χ4v) is 3.15. The van der Waals surface area contributed by atoms with E-state index in [4.69, 9.17) is 4.74 Å². The summed E-state index contributed by atoms with van der Waals surface area (Å²) < 4.78 is 19.0. The first-order valence-corrected chi connectivity index (χ1v) is 8.44. The fourth-order valence-electron chi connectivity index (χ4n) is 3.15. The van der Waals surface area contributed by atoms with Gasteiger partial charge in [0.15, 0.2) is 5.96 Å². The number of nitrogens with one attached hydrogen (secondary N) is 3. The molecule has 0 saturated carbocycles. The zero-order chi connectivity index (χ0) is 17.0. The van der Waals surface area contributed by atoms with Gasteiger partial charge >= 0.3 is 0 Å². The second-order valence-electron chi connectivity index (χ2n) is 6.51. The predicted molar refractivity (Wildman–Crippen MR) is 94.9 cm³/mol. The maximum Gasteiger partial charge on any atom is 0.191 e. The van der Waals surface area contributed by atoms with Gasteiger partial charge in [-0.3, -0.25) is 4.99 Å². The molecular weight excluding hydrogens is 307 g/mol. The number of rotatable bonds is 5. The van der Waals surface area contributed by atoms with Crippen LogP contribution in [-0.2, 0) is 11.2 Å². The summed E-state index contributed by atoms with van der Waals surface area (Å²) >= 11 is 0. The molecule has 2 aromatic rings. The Bertz CT molecular complexity index is 719. The molecule has 1 aliphatic rings. The molecule has 1 aromatic heterocycles. The van der Waals surface area contributed by atoms with Crippen LogP contribution < -0.4 is 10.6 Å². The van der Waals surface area contributed by atoms with Gasteiger partial charge in [0.2, 0.25) is 0 Å². The van der Waals surface area contributed by atoms with E-state index in [9.17, 15) is 4.39 Å². The molecule has 0 spiro atoms. The number of aromatic amines is 1. The molecule has 1 aliphatic heterocycles. The first-order valence-electron chi connectivity index (χ1n) is 8.44.